The molecule has 0 saturated carbocycles. The smallest absolute Gasteiger partial charge is 0.193 e. The van der Waals surface area contributed by atoms with Crippen LogP contribution in [0, 0.1) is 0 Å². The molecule has 0 unspecified atom stereocenters. The summed E-state index contributed by atoms with van der Waals surface area (Å²) in [6, 6.07) is 11.0. The van der Waals surface area contributed by atoms with E-state index in [1.807, 2.05) is 35.0 Å². The molecule has 6 heteroatoms. The van der Waals surface area contributed by atoms with Gasteiger partial charge in [0.05, 0.1) is 32.7 Å². The molecule has 0 spiro atoms. The number of thiophene rings is 1. The number of carbonyl (C=O) groups is 1. The third-order valence-electron chi connectivity index (χ3n) is 3.95. The van der Waals surface area contributed by atoms with Crippen LogP contribution in [0.15, 0.2) is 53.2 Å². The lowest BCUT2D eigenvalue weighted by atomic mass is 10.1. The molecule has 2 aromatic heterocycles. The SMILES string of the molecule is COc1cc(OC)c(C(=O)/C=C/c2cccc(-c3ccsc3)n2)c(OC)c1. The number of methoxy groups -OCH3 is 3. The van der Waals surface area contributed by atoms with E-state index < -0.39 is 0 Å². The van der Waals surface area contributed by atoms with Gasteiger partial charge in [0.15, 0.2) is 5.78 Å². The van der Waals surface area contributed by atoms with Gasteiger partial charge in [-0.05, 0) is 35.7 Å². The average Bonchev–Trinajstić information content (AvgIpc) is 3.26. The summed E-state index contributed by atoms with van der Waals surface area (Å²) in [6.45, 7) is 0. The minimum absolute atomic E-state index is 0.242. The van der Waals surface area contributed by atoms with Crippen LogP contribution >= 0.6 is 11.3 Å². The lowest BCUT2D eigenvalue weighted by molar-refractivity contribution is 0.104. The van der Waals surface area contributed by atoms with Crippen LogP contribution in [-0.2, 0) is 0 Å². The highest BCUT2D eigenvalue weighted by atomic mass is 32.1. The fraction of sp³-hybridized carbons (Fsp3) is 0.143. The van der Waals surface area contributed by atoms with Crippen LogP contribution in [0.2, 0.25) is 0 Å². The molecule has 0 radical (unpaired) electrons. The van der Waals surface area contributed by atoms with Crippen LogP contribution in [0.4, 0.5) is 0 Å². The van der Waals surface area contributed by atoms with Gasteiger partial charge in [-0.3, -0.25) is 4.79 Å². The van der Waals surface area contributed by atoms with Gasteiger partial charge in [-0.25, -0.2) is 4.98 Å². The second-order valence-electron chi connectivity index (χ2n) is 5.56. The number of hydrogen-bond acceptors (Lipinski definition) is 6. The number of aromatic nitrogens is 1. The maximum Gasteiger partial charge on any atom is 0.193 e. The Morgan fingerprint density at radius 3 is 2.37 bits per heavy atom. The summed E-state index contributed by atoms with van der Waals surface area (Å²) in [4.78, 5) is 17.4. The van der Waals surface area contributed by atoms with Crippen molar-refractivity contribution in [3.8, 4) is 28.5 Å². The van der Waals surface area contributed by atoms with Gasteiger partial charge in [0, 0.05) is 23.1 Å². The average molecular weight is 381 g/mol. The Balaban J connectivity index is 1.91. The molecule has 3 rings (SSSR count). The largest absolute Gasteiger partial charge is 0.496 e. The maximum atomic E-state index is 12.8. The highest BCUT2D eigenvalue weighted by molar-refractivity contribution is 7.08. The van der Waals surface area contributed by atoms with Crippen LogP contribution in [0.25, 0.3) is 17.3 Å². The van der Waals surface area contributed by atoms with E-state index >= 15 is 0 Å². The summed E-state index contributed by atoms with van der Waals surface area (Å²) >= 11 is 1.62. The number of carbonyl (C=O) groups excluding carboxylic acids is 1. The molecule has 0 N–H and O–H groups in total. The summed E-state index contributed by atoms with van der Waals surface area (Å²) in [5.74, 6) is 1.09. The number of nitrogens with zero attached hydrogens (tertiary/aromatic N) is 1. The van der Waals surface area contributed by atoms with Gasteiger partial charge >= 0.3 is 0 Å². The minimum Gasteiger partial charge on any atom is -0.496 e. The fourth-order valence-corrected chi connectivity index (χ4v) is 3.26. The first-order chi connectivity index (χ1) is 13.2. The quantitative estimate of drug-likeness (QED) is 0.437. The van der Waals surface area contributed by atoms with E-state index in [2.05, 4.69) is 4.98 Å². The standard InChI is InChI=1S/C21H19NO4S/c1-24-16-11-19(25-2)21(20(12-16)26-3)18(23)8-7-15-5-4-6-17(22-15)14-9-10-27-13-14/h4-13H,1-3H3/b8-7+. The summed E-state index contributed by atoms with van der Waals surface area (Å²) < 4.78 is 15.9. The summed E-state index contributed by atoms with van der Waals surface area (Å²) in [7, 11) is 4.54. The maximum absolute atomic E-state index is 12.8. The summed E-state index contributed by atoms with van der Waals surface area (Å²) in [5, 5.41) is 4.04. The molecule has 0 atom stereocenters. The number of rotatable bonds is 7. The highest BCUT2D eigenvalue weighted by Gasteiger charge is 2.18. The molecule has 2 heterocycles. The molecule has 138 valence electrons. The van der Waals surface area contributed by atoms with E-state index in [1.54, 1.807) is 36.7 Å². The molecule has 27 heavy (non-hydrogen) atoms. The van der Waals surface area contributed by atoms with Crippen LogP contribution < -0.4 is 14.2 Å². The van der Waals surface area contributed by atoms with Gasteiger partial charge in [0.1, 0.15) is 22.8 Å². The number of ketones is 1. The molecule has 3 aromatic rings. The van der Waals surface area contributed by atoms with Crippen molar-refractivity contribution in [1.82, 2.24) is 4.98 Å². The zero-order chi connectivity index (χ0) is 19.2. The third-order valence-corrected chi connectivity index (χ3v) is 4.64. The number of ether oxygens (including phenoxy) is 3. The van der Waals surface area contributed by atoms with Gasteiger partial charge in [0.25, 0.3) is 0 Å². The summed E-state index contributed by atoms with van der Waals surface area (Å²) in [6.07, 6.45) is 3.15. The second kappa shape index (κ2) is 8.51. The first-order valence-electron chi connectivity index (χ1n) is 8.18. The number of pyridine rings is 1. The zero-order valence-corrected chi connectivity index (χ0v) is 16.1. The van der Waals surface area contributed by atoms with Crippen molar-refractivity contribution in [3.05, 3.63) is 64.5 Å². The Kier molecular flexibility index (Phi) is 5.88. The topological polar surface area (TPSA) is 57.7 Å². The molecule has 0 aliphatic heterocycles. The zero-order valence-electron chi connectivity index (χ0n) is 15.3. The predicted molar refractivity (Wildman–Crippen MR) is 107 cm³/mol. The van der Waals surface area contributed by atoms with Crippen molar-refractivity contribution in [1.29, 1.82) is 0 Å². The monoisotopic (exact) mass is 381 g/mol. The second-order valence-corrected chi connectivity index (χ2v) is 6.34. The predicted octanol–water partition coefficient (Wildman–Crippen LogP) is 4.73. The molecule has 0 aliphatic carbocycles. The molecule has 0 bridgehead atoms. The minimum atomic E-state index is -0.242. The Hall–Kier alpha value is -3.12. The van der Waals surface area contributed by atoms with Crippen molar-refractivity contribution in [2.75, 3.05) is 21.3 Å². The van der Waals surface area contributed by atoms with Crippen molar-refractivity contribution in [3.63, 3.8) is 0 Å². The Morgan fingerprint density at radius 1 is 1.04 bits per heavy atom. The van der Waals surface area contributed by atoms with Crippen molar-refractivity contribution >= 4 is 23.2 Å². The van der Waals surface area contributed by atoms with Gasteiger partial charge in [-0.15, -0.1) is 0 Å². The van der Waals surface area contributed by atoms with E-state index in [1.165, 1.54) is 20.3 Å². The van der Waals surface area contributed by atoms with Crippen LogP contribution in [-0.4, -0.2) is 32.1 Å². The lowest BCUT2D eigenvalue weighted by Gasteiger charge is -2.13. The molecular formula is C21H19NO4S. The normalized spacial score (nSPS) is 10.8. The van der Waals surface area contributed by atoms with Crippen LogP contribution in [0.5, 0.6) is 17.2 Å². The highest BCUT2D eigenvalue weighted by Crippen LogP contribution is 2.34. The van der Waals surface area contributed by atoms with Crippen molar-refractivity contribution < 1.29 is 19.0 Å². The third kappa shape index (κ3) is 4.17. The number of hydrogen-bond donors (Lipinski definition) is 0. The van der Waals surface area contributed by atoms with E-state index in [-0.39, 0.29) is 5.78 Å². The number of benzene rings is 1. The molecule has 0 saturated heterocycles. The fourth-order valence-electron chi connectivity index (χ4n) is 2.61. The van der Waals surface area contributed by atoms with Gasteiger partial charge in [0.2, 0.25) is 0 Å². The molecular weight excluding hydrogens is 362 g/mol. The van der Waals surface area contributed by atoms with Gasteiger partial charge in [-0.2, -0.15) is 11.3 Å². The van der Waals surface area contributed by atoms with E-state index in [0.717, 1.165) is 11.3 Å². The lowest BCUT2D eigenvalue weighted by Crippen LogP contribution is -2.03. The van der Waals surface area contributed by atoms with Gasteiger partial charge < -0.3 is 14.2 Å². The van der Waals surface area contributed by atoms with Crippen molar-refractivity contribution in [2.45, 2.75) is 0 Å². The van der Waals surface area contributed by atoms with Crippen LogP contribution in [0.3, 0.4) is 0 Å². The molecule has 1 aromatic carbocycles. The summed E-state index contributed by atoms with van der Waals surface area (Å²) in [5.41, 5.74) is 2.95. The Bertz CT molecular complexity index is 939. The molecule has 5 nitrogen and oxygen atoms in total. The van der Waals surface area contributed by atoms with Crippen LogP contribution in [0.1, 0.15) is 16.1 Å². The Morgan fingerprint density at radius 2 is 1.78 bits per heavy atom. The first kappa shape index (κ1) is 18.7. The van der Waals surface area contributed by atoms with E-state index in [9.17, 15) is 4.79 Å². The van der Waals surface area contributed by atoms with E-state index in [4.69, 9.17) is 14.2 Å². The molecule has 0 aliphatic rings. The number of allylic oxidation sites excluding steroid dienone is 1. The van der Waals surface area contributed by atoms with Gasteiger partial charge in [-0.1, -0.05) is 6.07 Å². The molecule has 0 amide bonds. The van der Waals surface area contributed by atoms with Crippen molar-refractivity contribution in [2.24, 2.45) is 0 Å². The van der Waals surface area contributed by atoms with E-state index in [0.29, 0.717) is 28.5 Å². The molecule has 0 fully saturated rings. The Labute approximate surface area is 161 Å². The first-order valence-corrected chi connectivity index (χ1v) is 9.12.